The first kappa shape index (κ1) is 11.3. The molecule has 1 aromatic carbocycles. The van der Waals surface area contributed by atoms with E-state index in [4.69, 9.17) is 27.9 Å². The standard InChI is InChI=1S/C8H6Cl2F2O2/c1-13-6-3-7(14-8(11)12)5(10)2-4(6)9/h2-3,8H,1H3. The van der Waals surface area contributed by atoms with E-state index in [0.29, 0.717) is 0 Å². The highest BCUT2D eigenvalue weighted by Crippen LogP contribution is 2.36. The molecular formula is C8H6Cl2F2O2. The van der Waals surface area contributed by atoms with E-state index in [1.807, 2.05) is 0 Å². The number of ether oxygens (including phenoxy) is 2. The average Bonchev–Trinajstić information content (AvgIpc) is 2.09. The lowest BCUT2D eigenvalue weighted by Crippen LogP contribution is -2.02. The van der Waals surface area contributed by atoms with Crippen molar-refractivity contribution in [1.29, 1.82) is 0 Å². The molecule has 0 N–H and O–H groups in total. The molecule has 1 aromatic rings. The molecule has 0 spiro atoms. The SMILES string of the molecule is COc1cc(OC(F)F)c(Cl)cc1Cl. The summed E-state index contributed by atoms with van der Waals surface area (Å²) < 4.78 is 32.7. The second-order valence-corrected chi connectivity index (χ2v) is 3.11. The second-order valence-electron chi connectivity index (χ2n) is 2.30. The number of benzene rings is 1. The summed E-state index contributed by atoms with van der Waals surface area (Å²) in [6.07, 6.45) is 0. The van der Waals surface area contributed by atoms with Gasteiger partial charge in [-0.3, -0.25) is 0 Å². The molecule has 0 aromatic heterocycles. The van der Waals surface area contributed by atoms with Gasteiger partial charge in [-0.2, -0.15) is 8.78 Å². The largest absolute Gasteiger partial charge is 0.495 e. The van der Waals surface area contributed by atoms with Crippen LogP contribution in [-0.4, -0.2) is 13.7 Å². The van der Waals surface area contributed by atoms with Crippen LogP contribution in [0, 0.1) is 0 Å². The molecule has 0 unspecified atom stereocenters. The summed E-state index contributed by atoms with van der Waals surface area (Å²) in [4.78, 5) is 0. The highest BCUT2D eigenvalue weighted by Gasteiger charge is 2.12. The van der Waals surface area contributed by atoms with E-state index in [1.54, 1.807) is 0 Å². The Balaban J connectivity index is 3.04. The van der Waals surface area contributed by atoms with Crippen molar-refractivity contribution in [2.24, 2.45) is 0 Å². The highest BCUT2D eigenvalue weighted by atomic mass is 35.5. The molecule has 0 aliphatic carbocycles. The molecule has 6 heteroatoms. The van der Waals surface area contributed by atoms with E-state index in [9.17, 15) is 8.78 Å². The predicted octanol–water partition coefficient (Wildman–Crippen LogP) is 3.60. The van der Waals surface area contributed by atoms with Gasteiger partial charge in [0.15, 0.2) is 0 Å². The van der Waals surface area contributed by atoms with Gasteiger partial charge in [-0.05, 0) is 6.07 Å². The van der Waals surface area contributed by atoms with Crippen molar-refractivity contribution in [1.82, 2.24) is 0 Å². The number of hydrogen-bond donors (Lipinski definition) is 0. The van der Waals surface area contributed by atoms with Crippen LogP contribution in [0.25, 0.3) is 0 Å². The summed E-state index contributed by atoms with van der Waals surface area (Å²) in [6.45, 7) is -2.93. The molecule has 0 saturated heterocycles. The number of rotatable bonds is 3. The number of alkyl halides is 2. The number of hydrogen-bond acceptors (Lipinski definition) is 2. The van der Waals surface area contributed by atoms with Crippen molar-refractivity contribution in [3.05, 3.63) is 22.2 Å². The Morgan fingerprint density at radius 1 is 1.14 bits per heavy atom. The Bertz CT molecular complexity index is 331. The van der Waals surface area contributed by atoms with E-state index < -0.39 is 6.61 Å². The van der Waals surface area contributed by atoms with E-state index in [2.05, 4.69) is 4.74 Å². The summed E-state index contributed by atoms with van der Waals surface area (Å²) >= 11 is 11.3. The zero-order chi connectivity index (χ0) is 10.7. The summed E-state index contributed by atoms with van der Waals surface area (Å²) in [7, 11) is 1.36. The number of halogens is 4. The molecule has 0 atom stereocenters. The molecular weight excluding hydrogens is 237 g/mol. The minimum atomic E-state index is -2.93. The maximum absolute atomic E-state index is 11.9. The first-order valence-corrected chi connectivity index (χ1v) is 4.28. The highest BCUT2D eigenvalue weighted by molar-refractivity contribution is 6.36. The fourth-order valence-corrected chi connectivity index (χ4v) is 1.36. The molecule has 0 aliphatic heterocycles. The van der Waals surface area contributed by atoms with Crippen molar-refractivity contribution in [3.8, 4) is 11.5 Å². The molecule has 78 valence electrons. The fourth-order valence-electron chi connectivity index (χ4n) is 0.853. The number of methoxy groups -OCH3 is 1. The monoisotopic (exact) mass is 242 g/mol. The Morgan fingerprint density at radius 2 is 1.71 bits per heavy atom. The van der Waals surface area contributed by atoms with Gasteiger partial charge in [0, 0.05) is 6.07 Å². The van der Waals surface area contributed by atoms with Crippen LogP contribution in [0.1, 0.15) is 0 Å². The van der Waals surface area contributed by atoms with Gasteiger partial charge in [0.25, 0.3) is 0 Å². The molecule has 0 saturated carbocycles. The third-order valence-corrected chi connectivity index (χ3v) is 2.01. The predicted molar refractivity (Wildman–Crippen MR) is 49.6 cm³/mol. The van der Waals surface area contributed by atoms with Crippen LogP contribution in [-0.2, 0) is 0 Å². The van der Waals surface area contributed by atoms with Gasteiger partial charge in [-0.1, -0.05) is 23.2 Å². The Hall–Kier alpha value is -0.740. The van der Waals surface area contributed by atoms with Gasteiger partial charge in [0.1, 0.15) is 11.5 Å². The summed E-state index contributed by atoms with van der Waals surface area (Å²) in [5.41, 5.74) is 0. The van der Waals surface area contributed by atoms with Crippen molar-refractivity contribution in [2.45, 2.75) is 6.61 Å². The fraction of sp³-hybridized carbons (Fsp3) is 0.250. The Kier molecular flexibility index (Phi) is 3.77. The van der Waals surface area contributed by atoms with E-state index in [1.165, 1.54) is 19.2 Å². The Labute approximate surface area is 89.3 Å². The summed E-state index contributed by atoms with van der Waals surface area (Å²) in [5, 5.41) is 0.246. The van der Waals surface area contributed by atoms with Gasteiger partial charge in [0.2, 0.25) is 0 Å². The first-order chi connectivity index (χ1) is 6.54. The molecule has 0 fully saturated rings. The van der Waals surface area contributed by atoms with Crippen LogP contribution in [0.2, 0.25) is 10.0 Å². The van der Waals surface area contributed by atoms with Gasteiger partial charge in [-0.25, -0.2) is 0 Å². The third kappa shape index (κ3) is 2.62. The molecule has 0 aliphatic rings. The first-order valence-electron chi connectivity index (χ1n) is 3.52. The lowest BCUT2D eigenvalue weighted by Gasteiger charge is -2.09. The molecule has 0 bridgehead atoms. The van der Waals surface area contributed by atoms with Crippen LogP contribution in [0.3, 0.4) is 0 Å². The molecule has 2 nitrogen and oxygen atoms in total. The lowest BCUT2D eigenvalue weighted by molar-refractivity contribution is -0.0498. The average molecular weight is 243 g/mol. The van der Waals surface area contributed by atoms with Crippen LogP contribution in [0.15, 0.2) is 12.1 Å². The minimum Gasteiger partial charge on any atom is -0.495 e. The second kappa shape index (κ2) is 4.66. The Morgan fingerprint density at radius 3 is 2.21 bits per heavy atom. The van der Waals surface area contributed by atoms with Crippen molar-refractivity contribution < 1.29 is 18.3 Å². The van der Waals surface area contributed by atoms with E-state index >= 15 is 0 Å². The zero-order valence-corrected chi connectivity index (χ0v) is 8.57. The lowest BCUT2D eigenvalue weighted by atomic mass is 10.3. The van der Waals surface area contributed by atoms with Crippen LogP contribution >= 0.6 is 23.2 Å². The summed E-state index contributed by atoms with van der Waals surface area (Å²) in [6, 6.07) is 2.48. The molecule has 0 amide bonds. The van der Waals surface area contributed by atoms with Gasteiger partial charge in [-0.15, -0.1) is 0 Å². The zero-order valence-electron chi connectivity index (χ0n) is 7.06. The van der Waals surface area contributed by atoms with E-state index in [-0.39, 0.29) is 21.5 Å². The summed E-state index contributed by atoms with van der Waals surface area (Å²) in [5.74, 6) is 0.0645. The van der Waals surface area contributed by atoms with Crippen molar-refractivity contribution in [2.75, 3.05) is 7.11 Å². The molecule has 0 heterocycles. The van der Waals surface area contributed by atoms with Gasteiger partial charge >= 0.3 is 6.61 Å². The third-order valence-electron chi connectivity index (χ3n) is 1.42. The van der Waals surface area contributed by atoms with Crippen molar-refractivity contribution in [3.63, 3.8) is 0 Å². The van der Waals surface area contributed by atoms with Gasteiger partial charge < -0.3 is 9.47 Å². The quantitative estimate of drug-likeness (QED) is 0.807. The smallest absolute Gasteiger partial charge is 0.387 e. The van der Waals surface area contributed by atoms with E-state index in [0.717, 1.165) is 0 Å². The van der Waals surface area contributed by atoms with Crippen molar-refractivity contribution >= 4 is 23.2 Å². The van der Waals surface area contributed by atoms with Crippen LogP contribution < -0.4 is 9.47 Å². The van der Waals surface area contributed by atoms with Crippen LogP contribution in [0.4, 0.5) is 8.78 Å². The maximum atomic E-state index is 11.9. The minimum absolute atomic E-state index is 0.0103. The van der Waals surface area contributed by atoms with Gasteiger partial charge in [0.05, 0.1) is 17.2 Å². The topological polar surface area (TPSA) is 18.5 Å². The molecule has 1 rings (SSSR count). The molecule has 14 heavy (non-hydrogen) atoms. The van der Waals surface area contributed by atoms with Crippen LogP contribution in [0.5, 0.6) is 11.5 Å². The molecule has 0 radical (unpaired) electrons. The maximum Gasteiger partial charge on any atom is 0.387 e. The normalized spacial score (nSPS) is 10.4.